The Labute approximate surface area is 123 Å². The van der Waals surface area contributed by atoms with Gasteiger partial charge in [0.2, 0.25) is 5.91 Å². The van der Waals surface area contributed by atoms with E-state index in [4.69, 9.17) is 5.73 Å². The average Bonchev–Trinajstić information content (AvgIpc) is 2.47. The first-order valence-corrected chi connectivity index (χ1v) is 7.44. The molecular weight excluding hydrogens is 264 g/mol. The Morgan fingerprint density at radius 3 is 2.86 bits per heavy atom. The highest BCUT2D eigenvalue weighted by molar-refractivity contribution is 5.83. The van der Waals surface area contributed by atoms with E-state index in [1.54, 1.807) is 0 Å². The SMILES string of the molecule is CC1(C(N)=O)CCCCC1c1cc2ccccc2[nH]c1=O. The molecular formula is C17H20N2O2. The molecule has 1 aliphatic carbocycles. The van der Waals surface area contributed by atoms with E-state index in [9.17, 15) is 9.59 Å². The molecule has 0 aliphatic heterocycles. The van der Waals surface area contributed by atoms with Crippen molar-refractivity contribution in [3.8, 4) is 0 Å². The van der Waals surface area contributed by atoms with E-state index >= 15 is 0 Å². The molecule has 0 saturated heterocycles. The summed E-state index contributed by atoms with van der Waals surface area (Å²) >= 11 is 0. The Balaban J connectivity index is 2.16. The van der Waals surface area contributed by atoms with Crippen LogP contribution in [-0.4, -0.2) is 10.9 Å². The Bertz CT molecular complexity index is 750. The minimum absolute atomic E-state index is 0.0999. The number of aromatic amines is 1. The molecule has 0 radical (unpaired) electrons. The number of carbonyl (C=O) groups is 1. The van der Waals surface area contributed by atoms with Crippen molar-refractivity contribution in [1.29, 1.82) is 0 Å². The molecule has 110 valence electrons. The number of nitrogens with one attached hydrogen (secondary N) is 1. The largest absolute Gasteiger partial charge is 0.369 e. The summed E-state index contributed by atoms with van der Waals surface area (Å²) in [6.07, 6.45) is 3.60. The molecule has 1 aromatic heterocycles. The van der Waals surface area contributed by atoms with Gasteiger partial charge in [0, 0.05) is 17.0 Å². The molecule has 1 amide bonds. The molecule has 2 atom stereocenters. The Morgan fingerprint density at radius 2 is 2.10 bits per heavy atom. The number of benzene rings is 1. The van der Waals surface area contributed by atoms with E-state index in [1.165, 1.54) is 0 Å². The third kappa shape index (κ3) is 2.24. The lowest BCUT2D eigenvalue weighted by Gasteiger charge is -2.38. The van der Waals surface area contributed by atoms with Gasteiger partial charge in [0.25, 0.3) is 5.56 Å². The maximum Gasteiger partial charge on any atom is 0.251 e. The second-order valence-corrected chi connectivity index (χ2v) is 6.22. The summed E-state index contributed by atoms with van der Waals surface area (Å²) in [4.78, 5) is 27.3. The Kier molecular flexibility index (Phi) is 3.32. The molecule has 0 spiro atoms. The monoisotopic (exact) mass is 284 g/mol. The molecule has 1 heterocycles. The quantitative estimate of drug-likeness (QED) is 0.889. The van der Waals surface area contributed by atoms with Crippen LogP contribution in [0.4, 0.5) is 0 Å². The van der Waals surface area contributed by atoms with Crippen molar-refractivity contribution in [2.24, 2.45) is 11.1 Å². The van der Waals surface area contributed by atoms with Crippen LogP contribution < -0.4 is 11.3 Å². The average molecular weight is 284 g/mol. The van der Waals surface area contributed by atoms with Gasteiger partial charge in [0.05, 0.1) is 5.41 Å². The summed E-state index contributed by atoms with van der Waals surface area (Å²) in [5.41, 5.74) is 6.42. The molecule has 3 rings (SSSR count). The molecule has 1 saturated carbocycles. The first kappa shape index (κ1) is 13.9. The molecule has 4 heteroatoms. The number of H-pyrrole nitrogens is 1. The van der Waals surface area contributed by atoms with Crippen molar-refractivity contribution in [2.45, 2.75) is 38.5 Å². The number of aromatic nitrogens is 1. The summed E-state index contributed by atoms with van der Waals surface area (Å²) in [6.45, 7) is 1.90. The van der Waals surface area contributed by atoms with E-state index < -0.39 is 5.41 Å². The third-order valence-corrected chi connectivity index (χ3v) is 4.93. The predicted molar refractivity (Wildman–Crippen MR) is 83.1 cm³/mol. The van der Waals surface area contributed by atoms with Gasteiger partial charge in [-0.15, -0.1) is 0 Å². The van der Waals surface area contributed by atoms with Crippen molar-refractivity contribution in [1.82, 2.24) is 4.98 Å². The maximum absolute atomic E-state index is 12.4. The van der Waals surface area contributed by atoms with E-state index in [2.05, 4.69) is 4.98 Å². The van der Waals surface area contributed by atoms with Gasteiger partial charge in [-0.25, -0.2) is 0 Å². The number of rotatable bonds is 2. The van der Waals surface area contributed by atoms with Gasteiger partial charge < -0.3 is 10.7 Å². The first-order chi connectivity index (χ1) is 10.0. The number of hydrogen-bond donors (Lipinski definition) is 2. The van der Waals surface area contributed by atoms with Gasteiger partial charge in [-0.3, -0.25) is 9.59 Å². The zero-order chi connectivity index (χ0) is 15.0. The van der Waals surface area contributed by atoms with Crippen LogP contribution in [0.25, 0.3) is 10.9 Å². The second-order valence-electron chi connectivity index (χ2n) is 6.22. The van der Waals surface area contributed by atoms with E-state index in [0.717, 1.165) is 36.6 Å². The lowest BCUT2D eigenvalue weighted by atomic mass is 9.64. The minimum atomic E-state index is -0.631. The second kappa shape index (κ2) is 5.02. The molecule has 0 bridgehead atoms. The van der Waals surface area contributed by atoms with Crippen molar-refractivity contribution >= 4 is 16.8 Å². The normalized spacial score (nSPS) is 25.9. The van der Waals surface area contributed by atoms with Crippen LogP contribution in [0.15, 0.2) is 35.1 Å². The standard InChI is InChI=1S/C17H20N2O2/c1-17(16(18)21)9-5-4-7-13(17)12-10-11-6-2-3-8-14(11)19-15(12)20/h2-3,6,8,10,13H,4-5,7,9H2,1H3,(H2,18,21)(H,19,20). The van der Waals surface area contributed by atoms with Crippen molar-refractivity contribution < 1.29 is 4.79 Å². The number of fused-ring (bicyclic) bond motifs is 1. The molecule has 1 fully saturated rings. The van der Waals surface area contributed by atoms with Gasteiger partial charge in [-0.2, -0.15) is 0 Å². The third-order valence-electron chi connectivity index (χ3n) is 4.93. The number of nitrogens with two attached hydrogens (primary N) is 1. The van der Waals surface area contributed by atoms with E-state index in [0.29, 0.717) is 5.56 Å². The van der Waals surface area contributed by atoms with Crippen LogP contribution in [0.5, 0.6) is 0 Å². The van der Waals surface area contributed by atoms with Crippen molar-refractivity contribution in [2.75, 3.05) is 0 Å². The summed E-state index contributed by atoms with van der Waals surface area (Å²) in [6, 6.07) is 9.61. The van der Waals surface area contributed by atoms with Gasteiger partial charge in [-0.1, -0.05) is 38.0 Å². The van der Waals surface area contributed by atoms with Crippen molar-refractivity contribution in [3.05, 3.63) is 46.2 Å². The Morgan fingerprint density at radius 1 is 1.33 bits per heavy atom. The van der Waals surface area contributed by atoms with Gasteiger partial charge in [0.15, 0.2) is 0 Å². The zero-order valence-electron chi connectivity index (χ0n) is 12.2. The predicted octanol–water partition coefficient (Wildman–Crippen LogP) is 2.68. The highest BCUT2D eigenvalue weighted by Gasteiger charge is 2.43. The molecule has 1 aromatic carbocycles. The van der Waals surface area contributed by atoms with Gasteiger partial charge in [0.1, 0.15) is 0 Å². The van der Waals surface area contributed by atoms with Crippen LogP contribution in [0, 0.1) is 5.41 Å². The zero-order valence-corrected chi connectivity index (χ0v) is 12.2. The summed E-state index contributed by atoms with van der Waals surface area (Å²) in [5.74, 6) is -0.406. The number of amides is 1. The van der Waals surface area contributed by atoms with Crippen LogP contribution in [0.1, 0.15) is 44.1 Å². The minimum Gasteiger partial charge on any atom is -0.369 e. The molecule has 4 nitrogen and oxygen atoms in total. The molecule has 2 unspecified atom stereocenters. The van der Waals surface area contributed by atoms with Crippen LogP contribution in [-0.2, 0) is 4.79 Å². The number of carbonyl (C=O) groups excluding carboxylic acids is 1. The number of pyridine rings is 1. The summed E-state index contributed by atoms with van der Waals surface area (Å²) < 4.78 is 0. The number of primary amides is 1. The van der Waals surface area contributed by atoms with Gasteiger partial charge >= 0.3 is 0 Å². The van der Waals surface area contributed by atoms with E-state index in [1.807, 2.05) is 37.3 Å². The Hall–Kier alpha value is -2.10. The van der Waals surface area contributed by atoms with Crippen LogP contribution in [0.3, 0.4) is 0 Å². The van der Waals surface area contributed by atoms with Crippen LogP contribution in [0.2, 0.25) is 0 Å². The fourth-order valence-electron chi connectivity index (χ4n) is 3.55. The molecule has 2 aromatic rings. The first-order valence-electron chi connectivity index (χ1n) is 7.44. The molecule has 1 aliphatic rings. The van der Waals surface area contributed by atoms with Gasteiger partial charge in [-0.05, 0) is 30.4 Å². The van der Waals surface area contributed by atoms with E-state index in [-0.39, 0.29) is 17.4 Å². The smallest absolute Gasteiger partial charge is 0.251 e. The lowest BCUT2D eigenvalue weighted by Crippen LogP contribution is -2.43. The summed E-state index contributed by atoms with van der Waals surface area (Å²) in [7, 11) is 0. The number of hydrogen-bond acceptors (Lipinski definition) is 2. The maximum atomic E-state index is 12.4. The molecule has 21 heavy (non-hydrogen) atoms. The molecule has 3 N–H and O–H groups in total. The topological polar surface area (TPSA) is 76.0 Å². The highest BCUT2D eigenvalue weighted by Crippen LogP contribution is 2.46. The highest BCUT2D eigenvalue weighted by atomic mass is 16.1. The van der Waals surface area contributed by atoms with Crippen LogP contribution >= 0.6 is 0 Å². The number of para-hydroxylation sites is 1. The fraction of sp³-hybridized carbons (Fsp3) is 0.412. The summed E-state index contributed by atoms with van der Waals surface area (Å²) in [5, 5.41) is 0.990. The van der Waals surface area contributed by atoms with Crippen molar-refractivity contribution in [3.63, 3.8) is 0 Å². The fourth-order valence-corrected chi connectivity index (χ4v) is 3.55. The lowest BCUT2D eigenvalue weighted by molar-refractivity contribution is -0.129.